The van der Waals surface area contributed by atoms with Crippen LogP contribution in [0.5, 0.6) is 0 Å². The fraction of sp³-hybridized carbons (Fsp3) is 0.824. The maximum atomic E-state index is 4.41. The maximum absolute atomic E-state index is 4.41. The van der Waals surface area contributed by atoms with Gasteiger partial charge in [0.2, 0.25) is 0 Å². The normalized spacial score (nSPS) is 19.2. The fourth-order valence-electron chi connectivity index (χ4n) is 3.40. The summed E-state index contributed by atoms with van der Waals surface area (Å²) in [4.78, 5) is 4.41. The first kappa shape index (κ1) is 15.6. The molecule has 0 aliphatic heterocycles. The number of imidazole rings is 1. The molecule has 1 saturated carbocycles. The van der Waals surface area contributed by atoms with Gasteiger partial charge in [0.25, 0.3) is 0 Å². The Labute approximate surface area is 124 Å². The van der Waals surface area contributed by atoms with Crippen molar-refractivity contribution in [1.29, 1.82) is 0 Å². The van der Waals surface area contributed by atoms with E-state index >= 15 is 0 Å². The molecular formula is C17H31N3. The van der Waals surface area contributed by atoms with Crippen LogP contribution in [-0.2, 0) is 6.54 Å². The molecule has 1 heterocycles. The Bertz CT molecular complexity index is 397. The van der Waals surface area contributed by atoms with Crippen molar-refractivity contribution in [3.63, 3.8) is 0 Å². The molecule has 0 amide bonds. The summed E-state index contributed by atoms with van der Waals surface area (Å²) >= 11 is 0. The summed E-state index contributed by atoms with van der Waals surface area (Å²) in [5.41, 5.74) is 1.49. The van der Waals surface area contributed by atoms with Gasteiger partial charge in [0.05, 0.1) is 12.0 Å². The monoisotopic (exact) mass is 277 g/mol. The van der Waals surface area contributed by atoms with Crippen LogP contribution >= 0.6 is 0 Å². The standard InChI is InChI=1S/C17H31N3/c1-5-16(14-9-7-6-8-10-14)20-13-18-11-15(20)12-19-17(2,3)4/h11,13-14,16,19H,5-10,12H2,1-4H3. The number of nitrogens with zero attached hydrogens (tertiary/aromatic N) is 2. The lowest BCUT2D eigenvalue weighted by Gasteiger charge is -2.32. The molecule has 1 unspecified atom stereocenters. The SMILES string of the molecule is CCC(C1CCCCC1)n1cncc1CNC(C)(C)C. The van der Waals surface area contributed by atoms with Crippen LogP contribution in [0.25, 0.3) is 0 Å². The van der Waals surface area contributed by atoms with Crippen molar-refractivity contribution in [3.8, 4) is 0 Å². The predicted molar refractivity (Wildman–Crippen MR) is 84.7 cm³/mol. The Morgan fingerprint density at radius 3 is 2.60 bits per heavy atom. The Kier molecular flexibility index (Phi) is 5.25. The van der Waals surface area contributed by atoms with Crippen LogP contribution in [0.2, 0.25) is 0 Å². The molecule has 1 aromatic heterocycles. The summed E-state index contributed by atoms with van der Waals surface area (Å²) in [6.07, 6.45) is 12.3. The summed E-state index contributed by atoms with van der Waals surface area (Å²) in [6.45, 7) is 9.87. The lowest BCUT2D eigenvalue weighted by molar-refractivity contribution is 0.237. The van der Waals surface area contributed by atoms with E-state index in [1.54, 1.807) is 0 Å². The van der Waals surface area contributed by atoms with E-state index in [0.717, 1.165) is 12.5 Å². The number of rotatable bonds is 5. The Morgan fingerprint density at radius 2 is 2.00 bits per heavy atom. The molecule has 1 fully saturated rings. The molecule has 3 nitrogen and oxygen atoms in total. The summed E-state index contributed by atoms with van der Waals surface area (Å²) in [7, 11) is 0. The molecule has 3 heteroatoms. The molecule has 1 aromatic rings. The minimum absolute atomic E-state index is 0.154. The van der Waals surface area contributed by atoms with Gasteiger partial charge >= 0.3 is 0 Å². The second kappa shape index (κ2) is 6.75. The average Bonchev–Trinajstić information content (AvgIpc) is 2.86. The topological polar surface area (TPSA) is 29.9 Å². The highest BCUT2D eigenvalue weighted by molar-refractivity contribution is 5.02. The van der Waals surface area contributed by atoms with E-state index in [-0.39, 0.29) is 5.54 Å². The van der Waals surface area contributed by atoms with E-state index in [1.807, 2.05) is 12.5 Å². The second-order valence-corrected chi connectivity index (χ2v) is 7.27. The van der Waals surface area contributed by atoms with Crippen molar-refractivity contribution in [3.05, 3.63) is 18.2 Å². The molecule has 2 rings (SSSR count). The van der Waals surface area contributed by atoms with Gasteiger partial charge in [-0.15, -0.1) is 0 Å². The van der Waals surface area contributed by atoms with Gasteiger partial charge in [-0.1, -0.05) is 26.2 Å². The van der Waals surface area contributed by atoms with Crippen LogP contribution in [0.15, 0.2) is 12.5 Å². The third-order valence-electron chi connectivity index (χ3n) is 4.52. The van der Waals surface area contributed by atoms with Gasteiger partial charge in [-0.3, -0.25) is 0 Å². The molecular weight excluding hydrogens is 246 g/mol. The maximum Gasteiger partial charge on any atom is 0.0951 e. The van der Waals surface area contributed by atoms with Gasteiger partial charge in [0.1, 0.15) is 0 Å². The predicted octanol–water partition coefficient (Wildman–Crippen LogP) is 4.30. The van der Waals surface area contributed by atoms with Gasteiger partial charge < -0.3 is 9.88 Å². The molecule has 0 saturated heterocycles. The quantitative estimate of drug-likeness (QED) is 0.869. The van der Waals surface area contributed by atoms with Crippen molar-refractivity contribution in [2.24, 2.45) is 5.92 Å². The highest BCUT2D eigenvalue weighted by Crippen LogP contribution is 2.35. The van der Waals surface area contributed by atoms with Crippen molar-refractivity contribution in [2.45, 2.75) is 84.3 Å². The van der Waals surface area contributed by atoms with E-state index in [2.05, 4.69) is 42.6 Å². The van der Waals surface area contributed by atoms with E-state index in [9.17, 15) is 0 Å². The van der Waals surface area contributed by atoms with Gasteiger partial charge in [0, 0.05) is 24.3 Å². The van der Waals surface area contributed by atoms with Crippen LogP contribution < -0.4 is 5.32 Å². The Morgan fingerprint density at radius 1 is 1.30 bits per heavy atom. The second-order valence-electron chi connectivity index (χ2n) is 7.27. The highest BCUT2D eigenvalue weighted by atomic mass is 15.1. The van der Waals surface area contributed by atoms with Crippen LogP contribution in [0, 0.1) is 5.92 Å². The van der Waals surface area contributed by atoms with Crippen molar-refractivity contribution < 1.29 is 0 Å². The molecule has 114 valence electrons. The van der Waals surface area contributed by atoms with E-state index in [1.165, 1.54) is 44.2 Å². The molecule has 1 atom stereocenters. The third kappa shape index (κ3) is 4.08. The number of nitrogens with one attached hydrogen (secondary N) is 1. The van der Waals surface area contributed by atoms with E-state index in [4.69, 9.17) is 0 Å². The molecule has 1 aliphatic rings. The lowest BCUT2D eigenvalue weighted by atomic mass is 9.82. The minimum Gasteiger partial charge on any atom is -0.330 e. The van der Waals surface area contributed by atoms with Crippen molar-refractivity contribution >= 4 is 0 Å². The van der Waals surface area contributed by atoms with E-state index in [0.29, 0.717) is 6.04 Å². The van der Waals surface area contributed by atoms with Crippen molar-refractivity contribution in [2.75, 3.05) is 0 Å². The molecule has 0 bridgehead atoms. The average molecular weight is 277 g/mol. The van der Waals surface area contributed by atoms with Crippen LogP contribution in [0.3, 0.4) is 0 Å². The first-order chi connectivity index (χ1) is 9.51. The lowest BCUT2D eigenvalue weighted by Crippen LogP contribution is -2.36. The Balaban J connectivity index is 2.07. The smallest absolute Gasteiger partial charge is 0.0951 e. The fourth-order valence-corrected chi connectivity index (χ4v) is 3.40. The zero-order chi connectivity index (χ0) is 14.6. The summed E-state index contributed by atoms with van der Waals surface area (Å²) in [5, 5.41) is 3.59. The van der Waals surface area contributed by atoms with Gasteiger partial charge in [-0.2, -0.15) is 0 Å². The first-order valence-corrected chi connectivity index (χ1v) is 8.27. The highest BCUT2D eigenvalue weighted by Gasteiger charge is 2.25. The minimum atomic E-state index is 0.154. The first-order valence-electron chi connectivity index (χ1n) is 8.27. The zero-order valence-electron chi connectivity index (χ0n) is 13.7. The summed E-state index contributed by atoms with van der Waals surface area (Å²) in [6, 6.07) is 0.634. The van der Waals surface area contributed by atoms with Gasteiger partial charge in [-0.25, -0.2) is 4.98 Å². The van der Waals surface area contributed by atoms with Crippen molar-refractivity contribution in [1.82, 2.24) is 14.9 Å². The summed E-state index contributed by atoms with van der Waals surface area (Å²) < 4.78 is 2.44. The molecule has 0 aromatic carbocycles. The van der Waals surface area contributed by atoms with Crippen LogP contribution in [0.4, 0.5) is 0 Å². The zero-order valence-corrected chi connectivity index (χ0v) is 13.7. The molecule has 20 heavy (non-hydrogen) atoms. The number of hydrogen-bond donors (Lipinski definition) is 1. The number of aromatic nitrogens is 2. The van der Waals surface area contributed by atoms with Crippen LogP contribution in [0.1, 0.15) is 78.0 Å². The largest absolute Gasteiger partial charge is 0.330 e. The Hall–Kier alpha value is -0.830. The molecule has 1 N–H and O–H groups in total. The summed E-state index contributed by atoms with van der Waals surface area (Å²) in [5.74, 6) is 0.844. The van der Waals surface area contributed by atoms with E-state index < -0.39 is 0 Å². The van der Waals surface area contributed by atoms with Gasteiger partial charge in [0.15, 0.2) is 0 Å². The molecule has 1 aliphatic carbocycles. The van der Waals surface area contributed by atoms with Gasteiger partial charge in [-0.05, 0) is 46.0 Å². The van der Waals surface area contributed by atoms with Crippen LogP contribution in [-0.4, -0.2) is 15.1 Å². The third-order valence-corrected chi connectivity index (χ3v) is 4.52. The number of hydrogen-bond acceptors (Lipinski definition) is 2. The molecule has 0 radical (unpaired) electrons. The molecule has 0 spiro atoms.